The summed E-state index contributed by atoms with van der Waals surface area (Å²) in [6.45, 7) is -0.0408. The third kappa shape index (κ3) is 2.65. The van der Waals surface area contributed by atoms with E-state index in [1.807, 2.05) is 4.98 Å². The molecule has 110 valence electrons. The molecule has 1 fully saturated rings. The number of nitrogens with zero attached hydrogens (tertiary/aromatic N) is 1. The summed E-state index contributed by atoms with van der Waals surface area (Å²) >= 11 is 0. The van der Waals surface area contributed by atoms with Crippen LogP contribution in [0, 0.1) is 5.92 Å². The Morgan fingerprint density at radius 2 is 2.10 bits per heavy atom. The van der Waals surface area contributed by atoms with Crippen LogP contribution < -0.4 is 11.2 Å². The Bertz CT molecular complexity index is 734. The molecule has 0 aliphatic carbocycles. The van der Waals surface area contributed by atoms with Crippen LogP contribution in [0.5, 0.6) is 0 Å². The van der Waals surface area contributed by atoms with E-state index in [0.29, 0.717) is 12.8 Å². The van der Waals surface area contributed by atoms with E-state index in [4.69, 9.17) is 5.11 Å². The van der Waals surface area contributed by atoms with Gasteiger partial charge in [-0.1, -0.05) is 0 Å². The Hall–Kier alpha value is -1.94. The minimum absolute atomic E-state index is 0.144. The van der Waals surface area contributed by atoms with Crippen molar-refractivity contribution in [1.29, 1.82) is 0 Å². The summed E-state index contributed by atoms with van der Waals surface area (Å²) in [5.41, 5.74) is -1.83. The van der Waals surface area contributed by atoms with E-state index in [0.717, 1.165) is 10.5 Å². The molecule has 0 unspecified atom stereocenters. The van der Waals surface area contributed by atoms with Crippen molar-refractivity contribution in [3.63, 3.8) is 0 Å². The van der Waals surface area contributed by atoms with E-state index < -0.39 is 38.1 Å². The minimum Gasteiger partial charge on any atom is -0.481 e. The molecule has 9 nitrogen and oxygen atoms in total. The summed E-state index contributed by atoms with van der Waals surface area (Å²) in [6, 6.07) is 0. The number of rotatable bonds is 3. The van der Waals surface area contributed by atoms with Gasteiger partial charge in [0.05, 0.1) is 5.92 Å². The highest BCUT2D eigenvalue weighted by Crippen LogP contribution is 2.21. The Labute approximate surface area is 113 Å². The molecule has 3 N–H and O–H groups in total. The van der Waals surface area contributed by atoms with Crippen molar-refractivity contribution in [3.8, 4) is 0 Å². The van der Waals surface area contributed by atoms with Gasteiger partial charge >= 0.3 is 11.7 Å². The summed E-state index contributed by atoms with van der Waals surface area (Å²) in [6.07, 6.45) is 1.61. The number of carboxylic acids is 1. The molecular weight excluding hydrogens is 290 g/mol. The van der Waals surface area contributed by atoms with Gasteiger partial charge in [0.2, 0.25) is 10.0 Å². The molecule has 1 aromatic heterocycles. The number of carboxylic acid groups (broad SMARTS) is 1. The average molecular weight is 303 g/mol. The minimum atomic E-state index is -4.12. The van der Waals surface area contributed by atoms with Crippen LogP contribution in [0.1, 0.15) is 12.8 Å². The fourth-order valence-corrected chi connectivity index (χ4v) is 3.61. The zero-order valence-corrected chi connectivity index (χ0v) is 11.1. The fraction of sp³-hybridized carbons (Fsp3) is 0.500. The summed E-state index contributed by atoms with van der Waals surface area (Å²) in [5.74, 6) is -1.86. The number of aliphatic carboxylic acids is 1. The predicted molar refractivity (Wildman–Crippen MR) is 66.8 cm³/mol. The molecule has 0 aromatic carbocycles. The van der Waals surface area contributed by atoms with Gasteiger partial charge in [-0.05, 0) is 12.8 Å². The van der Waals surface area contributed by atoms with Gasteiger partial charge in [-0.15, -0.1) is 0 Å². The highest BCUT2D eigenvalue weighted by atomic mass is 32.2. The number of aromatic nitrogens is 2. The first kappa shape index (κ1) is 14.5. The van der Waals surface area contributed by atoms with Crippen LogP contribution in [0.15, 0.2) is 20.7 Å². The first-order chi connectivity index (χ1) is 9.32. The second kappa shape index (κ2) is 5.21. The van der Waals surface area contributed by atoms with Crippen LogP contribution in [-0.2, 0) is 14.8 Å². The third-order valence-electron chi connectivity index (χ3n) is 3.14. The molecule has 10 heteroatoms. The van der Waals surface area contributed by atoms with E-state index >= 15 is 0 Å². The second-order valence-electron chi connectivity index (χ2n) is 4.48. The number of hydrogen-bond acceptors (Lipinski definition) is 5. The summed E-state index contributed by atoms with van der Waals surface area (Å²) in [5, 5.41) is 8.95. The molecule has 20 heavy (non-hydrogen) atoms. The van der Waals surface area contributed by atoms with Crippen molar-refractivity contribution in [3.05, 3.63) is 27.0 Å². The Balaban J connectivity index is 2.37. The molecule has 0 spiro atoms. The monoisotopic (exact) mass is 303 g/mol. The number of H-pyrrole nitrogens is 2. The van der Waals surface area contributed by atoms with E-state index in [2.05, 4.69) is 4.98 Å². The molecule has 2 rings (SSSR count). The zero-order chi connectivity index (χ0) is 14.9. The Kier molecular flexibility index (Phi) is 3.77. The summed E-state index contributed by atoms with van der Waals surface area (Å²) < 4.78 is 25.5. The maximum Gasteiger partial charge on any atom is 0.325 e. The van der Waals surface area contributed by atoms with Crippen LogP contribution in [0.25, 0.3) is 0 Å². The first-order valence-electron chi connectivity index (χ1n) is 5.87. The van der Waals surface area contributed by atoms with Crippen molar-refractivity contribution < 1.29 is 18.3 Å². The van der Waals surface area contributed by atoms with Crippen molar-refractivity contribution in [2.45, 2.75) is 17.7 Å². The number of carbonyl (C=O) groups is 1. The van der Waals surface area contributed by atoms with Gasteiger partial charge < -0.3 is 10.1 Å². The zero-order valence-electron chi connectivity index (χ0n) is 10.3. The smallest absolute Gasteiger partial charge is 0.325 e. The molecular formula is C10H13N3O6S. The van der Waals surface area contributed by atoms with Crippen molar-refractivity contribution in [1.82, 2.24) is 14.3 Å². The summed E-state index contributed by atoms with van der Waals surface area (Å²) in [7, 11) is -4.12. The lowest BCUT2D eigenvalue weighted by atomic mass is 10.0. The molecule has 1 saturated heterocycles. The lowest BCUT2D eigenvalue weighted by Crippen LogP contribution is -2.44. The van der Waals surface area contributed by atoms with E-state index in [-0.39, 0.29) is 13.1 Å². The third-order valence-corrected chi connectivity index (χ3v) is 5.01. The molecule has 1 aliphatic rings. The van der Waals surface area contributed by atoms with Gasteiger partial charge in [0.25, 0.3) is 5.56 Å². The van der Waals surface area contributed by atoms with Gasteiger partial charge in [0.1, 0.15) is 0 Å². The van der Waals surface area contributed by atoms with Gasteiger partial charge in [0, 0.05) is 19.3 Å². The van der Waals surface area contributed by atoms with Crippen LogP contribution in [0.2, 0.25) is 0 Å². The number of sulfonamides is 1. The maximum atomic E-state index is 12.3. The normalized spacial score (nSPS) is 20.7. The molecule has 1 aliphatic heterocycles. The van der Waals surface area contributed by atoms with E-state index in [1.165, 1.54) is 0 Å². The van der Waals surface area contributed by atoms with Crippen LogP contribution in [0.3, 0.4) is 0 Å². The van der Waals surface area contributed by atoms with Gasteiger partial charge in [-0.25, -0.2) is 13.2 Å². The fourth-order valence-electron chi connectivity index (χ4n) is 2.09. The quantitative estimate of drug-likeness (QED) is 0.624. The lowest BCUT2D eigenvalue weighted by molar-refractivity contribution is -0.142. The number of hydrogen-bond donors (Lipinski definition) is 3. The van der Waals surface area contributed by atoms with Crippen LogP contribution >= 0.6 is 0 Å². The van der Waals surface area contributed by atoms with Crippen molar-refractivity contribution in [2.75, 3.05) is 13.1 Å². The van der Waals surface area contributed by atoms with Crippen molar-refractivity contribution in [2.24, 2.45) is 5.92 Å². The van der Waals surface area contributed by atoms with E-state index in [9.17, 15) is 22.8 Å². The average Bonchev–Trinajstić information content (AvgIpc) is 2.38. The molecule has 2 heterocycles. The highest BCUT2D eigenvalue weighted by Gasteiger charge is 2.34. The number of piperidine rings is 1. The highest BCUT2D eigenvalue weighted by molar-refractivity contribution is 7.89. The largest absolute Gasteiger partial charge is 0.481 e. The lowest BCUT2D eigenvalue weighted by Gasteiger charge is -2.29. The molecule has 0 saturated carbocycles. The topological polar surface area (TPSA) is 140 Å². The van der Waals surface area contributed by atoms with Gasteiger partial charge in [-0.3, -0.25) is 14.6 Å². The Morgan fingerprint density at radius 1 is 1.40 bits per heavy atom. The van der Waals surface area contributed by atoms with Crippen LogP contribution in [-0.4, -0.2) is 46.9 Å². The SMILES string of the molecule is O=C(O)[C@@H]1CCCN(S(=O)(=O)c2c[nH]c(=O)[nH]c2=O)C1. The molecule has 0 radical (unpaired) electrons. The van der Waals surface area contributed by atoms with Crippen molar-refractivity contribution >= 4 is 16.0 Å². The summed E-state index contributed by atoms with van der Waals surface area (Å²) in [4.78, 5) is 36.7. The standard InChI is InChI=1S/C10H13N3O6S/c14-8-7(4-11-10(17)12-8)20(18,19)13-3-1-2-6(5-13)9(15)16/h4,6H,1-3,5H2,(H,15,16)(H2,11,12,14,17)/t6-/m1/s1. The van der Waals surface area contributed by atoms with Gasteiger partial charge in [0.15, 0.2) is 4.90 Å². The first-order valence-corrected chi connectivity index (χ1v) is 7.31. The van der Waals surface area contributed by atoms with E-state index in [1.54, 1.807) is 0 Å². The molecule has 1 atom stereocenters. The molecule has 1 aromatic rings. The Morgan fingerprint density at radius 3 is 2.70 bits per heavy atom. The van der Waals surface area contributed by atoms with Crippen LogP contribution in [0.4, 0.5) is 0 Å². The number of aromatic amines is 2. The molecule has 0 bridgehead atoms. The second-order valence-corrected chi connectivity index (χ2v) is 6.38. The maximum absolute atomic E-state index is 12.3. The number of nitrogens with one attached hydrogen (secondary N) is 2. The van der Waals surface area contributed by atoms with Gasteiger partial charge in [-0.2, -0.15) is 4.31 Å². The molecule has 0 amide bonds. The predicted octanol–water partition coefficient (Wildman–Crippen LogP) is -1.45.